The van der Waals surface area contributed by atoms with Gasteiger partial charge in [-0.05, 0) is 38.5 Å². The van der Waals surface area contributed by atoms with Crippen LogP contribution in [-0.4, -0.2) is 27.3 Å². The lowest BCUT2D eigenvalue weighted by atomic mass is 10.1. The van der Waals surface area contributed by atoms with Gasteiger partial charge < -0.3 is 10.6 Å². The Morgan fingerprint density at radius 1 is 1.31 bits per heavy atom. The summed E-state index contributed by atoms with van der Waals surface area (Å²) in [4.78, 5) is 25.0. The Morgan fingerprint density at radius 3 is 2.81 bits per heavy atom. The molecule has 0 aliphatic rings. The number of pyridine rings is 1. The molecule has 1 amide bonds. The summed E-state index contributed by atoms with van der Waals surface area (Å²) in [6.07, 6.45) is 1.58. The molecule has 0 spiro atoms. The summed E-state index contributed by atoms with van der Waals surface area (Å²) in [5.41, 5.74) is 3.87. The molecule has 7 nitrogen and oxygen atoms in total. The fraction of sp³-hybridized carbons (Fsp3) is 0.278. The van der Waals surface area contributed by atoms with Crippen LogP contribution in [-0.2, 0) is 6.54 Å². The van der Waals surface area contributed by atoms with Crippen molar-refractivity contribution < 1.29 is 4.79 Å². The Labute approximate surface area is 155 Å². The van der Waals surface area contributed by atoms with Crippen molar-refractivity contribution >= 4 is 28.7 Å². The van der Waals surface area contributed by atoms with Gasteiger partial charge in [0, 0.05) is 46.7 Å². The van der Waals surface area contributed by atoms with Gasteiger partial charge in [0.05, 0.1) is 11.7 Å². The van der Waals surface area contributed by atoms with Crippen LogP contribution in [0.2, 0.25) is 5.02 Å². The van der Waals surface area contributed by atoms with Crippen molar-refractivity contribution in [3.63, 3.8) is 0 Å². The molecule has 8 heteroatoms. The van der Waals surface area contributed by atoms with Gasteiger partial charge in [-0.25, -0.2) is 9.73 Å². The monoisotopic (exact) mass is 373 g/mol. The predicted molar refractivity (Wildman–Crippen MR) is 102 cm³/mol. The van der Waals surface area contributed by atoms with E-state index in [4.69, 9.17) is 11.6 Å². The second kappa shape index (κ2) is 7.21. The molecule has 2 aromatic heterocycles. The van der Waals surface area contributed by atoms with Gasteiger partial charge in [0.1, 0.15) is 0 Å². The first-order valence-corrected chi connectivity index (χ1v) is 8.67. The highest BCUT2D eigenvalue weighted by Crippen LogP contribution is 2.25. The predicted octanol–water partition coefficient (Wildman–Crippen LogP) is 2.65. The van der Waals surface area contributed by atoms with Gasteiger partial charge in [-0.1, -0.05) is 11.6 Å². The standard InChI is InChI=1S/C18H20ClN5O2/c1-4-20-16-6-12(19)5-14(10(16)2)18(26)21-9-15-11(3)24-13(7-17(15)25)8-22-23-24/h5-8,20,23H,4,9H2,1-3H3,(H,21,26). The van der Waals surface area contributed by atoms with Crippen LogP contribution < -0.4 is 16.1 Å². The van der Waals surface area contributed by atoms with Crippen LogP contribution >= 0.6 is 11.6 Å². The minimum absolute atomic E-state index is 0.119. The number of carbonyl (C=O) groups excluding carboxylic acids is 1. The average Bonchev–Trinajstić information content (AvgIpc) is 3.06. The van der Waals surface area contributed by atoms with Crippen molar-refractivity contribution in [3.8, 4) is 0 Å². The smallest absolute Gasteiger partial charge is 0.251 e. The number of amides is 1. The van der Waals surface area contributed by atoms with Gasteiger partial charge in [0.2, 0.25) is 0 Å². The first kappa shape index (κ1) is 18.0. The zero-order valence-corrected chi connectivity index (χ0v) is 15.6. The average molecular weight is 374 g/mol. The van der Waals surface area contributed by atoms with E-state index in [2.05, 4.69) is 20.9 Å². The van der Waals surface area contributed by atoms with Crippen LogP contribution in [0.1, 0.15) is 34.1 Å². The lowest BCUT2D eigenvalue weighted by molar-refractivity contribution is 0.0950. The Morgan fingerprint density at radius 2 is 2.08 bits per heavy atom. The van der Waals surface area contributed by atoms with Gasteiger partial charge in [-0.2, -0.15) is 5.10 Å². The van der Waals surface area contributed by atoms with E-state index in [0.717, 1.165) is 17.8 Å². The zero-order valence-electron chi connectivity index (χ0n) is 14.8. The molecule has 3 N–H and O–H groups in total. The number of halogens is 1. The fourth-order valence-electron chi connectivity index (χ4n) is 2.94. The molecule has 2 heterocycles. The number of hydrogen-bond donors (Lipinski definition) is 3. The number of aromatic nitrogens is 3. The molecular formula is C18H20ClN5O2. The van der Waals surface area contributed by atoms with E-state index in [0.29, 0.717) is 27.4 Å². The number of H-pyrrole nitrogens is 1. The second-order valence-corrected chi connectivity index (χ2v) is 6.47. The number of hydrogen-bond acceptors (Lipinski definition) is 4. The first-order valence-electron chi connectivity index (χ1n) is 8.29. The number of aromatic amines is 1. The van der Waals surface area contributed by atoms with E-state index in [1.807, 2.05) is 20.8 Å². The number of carbonyl (C=O) groups is 1. The van der Waals surface area contributed by atoms with Crippen LogP contribution in [0.25, 0.3) is 5.52 Å². The van der Waals surface area contributed by atoms with Crippen LogP contribution in [0.4, 0.5) is 5.69 Å². The molecule has 0 bridgehead atoms. The summed E-state index contributed by atoms with van der Waals surface area (Å²) in [6.45, 7) is 6.49. The van der Waals surface area contributed by atoms with Crippen molar-refractivity contribution in [2.75, 3.05) is 11.9 Å². The molecule has 3 rings (SSSR count). The second-order valence-electron chi connectivity index (χ2n) is 6.03. The molecule has 1 aromatic carbocycles. The fourth-order valence-corrected chi connectivity index (χ4v) is 3.16. The van der Waals surface area contributed by atoms with Crippen LogP contribution in [0, 0.1) is 13.8 Å². The molecular weight excluding hydrogens is 354 g/mol. The normalized spacial score (nSPS) is 10.9. The summed E-state index contributed by atoms with van der Waals surface area (Å²) in [7, 11) is 0. The Hall–Kier alpha value is -2.80. The van der Waals surface area contributed by atoms with E-state index >= 15 is 0 Å². The first-order chi connectivity index (χ1) is 12.4. The molecule has 3 aromatic rings. The number of nitrogens with one attached hydrogen (secondary N) is 3. The maximum absolute atomic E-state index is 12.7. The highest BCUT2D eigenvalue weighted by molar-refractivity contribution is 6.31. The Kier molecular flexibility index (Phi) is 4.99. The largest absolute Gasteiger partial charge is 0.385 e. The third-order valence-electron chi connectivity index (χ3n) is 4.37. The van der Waals surface area contributed by atoms with Crippen molar-refractivity contribution in [1.29, 1.82) is 0 Å². The maximum Gasteiger partial charge on any atom is 0.251 e. The van der Waals surface area contributed by atoms with Gasteiger partial charge in [0.15, 0.2) is 5.43 Å². The summed E-state index contributed by atoms with van der Waals surface area (Å²) in [6, 6.07) is 4.91. The topological polar surface area (TPSA) is 91.3 Å². The molecule has 0 fully saturated rings. The van der Waals surface area contributed by atoms with E-state index in [-0.39, 0.29) is 17.9 Å². The zero-order chi connectivity index (χ0) is 18.8. The van der Waals surface area contributed by atoms with Crippen LogP contribution in [0.15, 0.2) is 29.2 Å². The molecule has 0 unspecified atom stereocenters. The van der Waals surface area contributed by atoms with Crippen LogP contribution in [0.5, 0.6) is 0 Å². The Balaban J connectivity index is 1.87. The number of benzene rings is 1. The minimum Gasteiger partial charge on any atom is -0.385 e. The van der Waals surface area contributed by atoms with Gasteiger partial charge in [0.25, 0.3) is 5.91 Å². The number of rotatable bonds is 5. The quantitative estimate of drug-likeness (QED) is 0.641. The maximum atomic E-state index is 12.7. The molecule has 0 atom stereocenters. The summed E-state index contributed by atoms with van der Waals surface area (Å²) >= 11 is 6.14. The summed E-state index contributed by atoms with van der Waals surface area (Å²) in [5.74, 6) is -0.280. The van der Waals surface area contributed by atoms with E-state index in [1.165, 1.54) is 6.07 Å². The third-order valence-corrected chi connectivity index (χ3v) is 4.59. The summed E-state index contributed by atoms with van der Waals surface area (Å²) < 4.78 is 1.71. The lowest BCUT2D eigenvalue weighted by Crippen LogP contribution is -2.28. The third kappa shape index (κ3) is 3.30. The lowest BCUT2D eigenvalue weighted by Gasteiger charge is -2.14. The van der Waals surface area contributed by atoms with E-state index < -0.39 is 0 Å². The molecule has 0 aliphatic heterocycles. The Bertz CT molecular complexity index is 1040. The van der Waals surface area contributed by atoms with E-state index in [9.17, 15) is 9.59 Å². The van der Waals surface area contributed by atoms with Gasteiger partial charge in [-0.15, -0.1) is 0 Å². The highest BCUT2D eigenvalue weighted by atomic mass is 35.5. The number of aryl methyl sites for hydroxylation is 1. The molecule has 0 saturated heterocycles. The SMILES string of the molecule is CCNc1cc(Cl)cc(C(=O)NCc2c(C)n3[nH]ncc3cc2=O)c1C. The van der Waals surface area contributed by atoms with Crippen molar-refractivity contribution in [2.24, 2.45) is 0 Å². The molecule has 0 radical (unpaired) electrons. The number of anilines is 1. The van der Waals surface area contributed by atoms with Crippen molar-refractivity contribution in [2.45, 2.75) is 27.3 Å². The van der Waals surface area contributed by atoms with Gasteiger partial charge >= 0.3 is 0 Å². The minimum atomic E-state index is -0.280. The summed E-state index contributed by atoms with van der Waals surface area (Å²) in [5, 5.41) is 13.2. The van der Waals surface area contributed by atoms with E-state index in [1.54, 1.807) is 22.8 Å². The van der Waals surface area contributed by atoms with Crippen molar-refractivity contribution in [1.82, 2.24) is 20.1 Å². The molecule has 26 heavy (non-hydrogen) atoms. The van der Waals surface area contributed by atoms with Gasteiger partial charge in [-0.3, -0.25) is 9.59 Å². The highest BCUT2D eigenvalue weighted by Gasteiger charge is 2.15. The molecule has 0 saturated carbocycles. The number of fused-ring (bicyclic) bond motifs is 1. The molecule has 0 aliphatic carbocycles. The number of nitrogens with zero attached hydrogens (tertiary/aromatic N) is 2. The van der Waals surface area contributed by atoms with Crippen LogP contribution in [0.3, 0.4) is 0 Å². The van der Waals surface area contributed by atoms with Crippen molar-refractivity contribution in [3.05, 3.63) is 62.0 Å². The molecule has 136 valence electrons.